The van der Waals surface area contributed by atoms with Crippen molar-refractivity contribution in [2.75, 3.05) is 6.54 Å². The lowest BCUT2D eigenvalue weighted by Crippen LogP contribution is -2.45. The summed E-state index contributed by atoms with van der Waals surface area (Å²) < 4.78 is 0. The Hall–Kier alpha value is -4.51. The molecule has 3 aliphatic rings. The van der Waals surface area contributed by atoms with E-state index in [1.807, 2.05) is 0 Å². The van der Waals surface area contributed by atoms with Crippen LogP contribution in [0.15, 0.2) is 126 Å². The smallest absolute Gasteiger partial charge is 0.131 e. The number of fused-ring (bicyclic) bond motifs is 4. The molecule has 5 aromatic carbocycles. The number of hydrogen-bond acceptors (Lipinski definition) is 4. The van der Waals surface area contributed by atoms with Crippen molar-refractivity contribution in [1.29, 1.82) is 0 Å². The van der Waals surface area contributed by atoms with E-state index < -0.39 is 0 Å². The van der Waals surface area contributed by atoms with Crippen LogP contribution in [0.2, 0.25) is 0 Å². The normalized spacial score (nSPS) is 22.0. The molecular formula is C39H36N4. The number of nitrogens with zero attached hydrogens (tertiary/aromatic N) is 1. The minimum absolute atomic E-state index is 0.131. The lowest BCUT2D eigenvalue weighted by Gasteiger charge is -2.34. The molecule has 0 aromatic heterocycles. The molecule has 0 saturated heterocycles. The SMILES string of the molecule is CC1(C)c2cc(C3CC=CCN3)ccc2-c2c1cc1ccccc1c2C1NC(c2ccccc2)=NC(c2ccccc2)N1. The van der Waals surface area contributed by atoms with Crippen molar-refractivity contribution in [3.8, 4) is 11.1 Å². The quantitative estimate of drug-likeness (QED) is 0.195. The molecule has 0 spiro atoms. The van der Waals surface area contributed by atoms with E-state index in [1.165, 1.54) is 44.2 Å². The Morgan fingerprint density at radius 1 is 0.744 bits per heavy atom. The fraction of sp³-hybridized carbons (Fsp3) is 0.205. The van der Waals surface area contributed by atoms with Crippen LogP contribution in [0.5, 0.6) is 0 Å². The maximum atomic E-state index is 5.19. The van der Waals surface area contributed by atoms with E-state index in [-0.39, 0.29) is 17.7 Å². The molecule has 8 rings (SSSR count). The van der Waals surface area contributed by atoms with Crippen LogP contribution >= 0.6 is 0 Å². The van der Waals surface area contributed by atoms with E-state index >= 15 is 0 Å². The standard InChI is InChI=1S/C39H36N4/c1-39(2)31-24-28(33-19-11-12-22-40-33)20-21-30(31)34-32(39)23-27-17-9-10-18-29(27)35(34)38-42-36(25-13-5-3-6-14-25)41-37(43-38)26-15-7-4-8-16-26/h3-18,20-21,23-24,33,36,38,40,42H,19,22H2,1-2H3,(H,41,43). The summed E-state index contributed by atoms with van der Waals surface area (Å²) in [6, 6.07) is 39.9. The fourth-order valence-corrected chi connectivity index (χ4v) is 7.24. The van der Waals surface area contributed by atoms with E-state index in [4.69, 9.17) is 4.99 Å². The minimum atomic E-state index is -0.182. The Bertz CT molecular complexity index is 1890. The molecule has 4 nitrogen and oxygen atoms in total. The van der Waals surface area contributed by atoms with Crippen LogP contribution in [-0.4, -0.2) is 12.4 Å². The molecule has 0 amide bonds. The molecule has 212 valence electrons. The van der Waals surface area contributed by atoms with Gasteiger partial charge in [0.25, 0.3) is 0 Å². The fourth-order valence-electron chi connectivity index (χ4n) is 7.24. The third kappa shape index (κ3) is 4.41. The molecular weight excluding hydrogens is 524 g/mol. The molecule has 3 unspecified atom stereocenters. The predicted octanol–water partition coefficient (Wildman–Crippen LogP) is 8.07. The number of nitrogens with one attached hydrogen (secondary N) is 3. The van der Waals surface area contributed by atoms with Crippen LogP contribution in [0.25, 0.3) is 21.9 Å². The van der Waals surface area contributed by atoms with Gasteiger partial charge in [-0.05, 0) is 56.6 Å². The monoisotopic (exact) mass is 560 g/mol. The van der Waals surface area contributed by atoms with Crippen molar-refractivity contribution in [2.45, 2.75) is 44.1 Å². The molecule has 0 saturated carbocycles. The van der Waals surface area contributed by atoms with Gasteiger partial charge in [-0.3, -0.25) is 5.32 Å². The highest BCUT2D eigenvalue weighted by Gasteiger charge is 2.40. The molecule has 2 heterocycles. The lowest BCUT2D eigenvalue weighted by atomic mass is 9.80. The first-order chi connectivity index (χ1) is 21.1. The molecule has 1 aliphatic carbocycles. The molecule has 3 atom stereocenters. The molecule has 0 bridgehead atoms. The first-order valence-electron chi connectivity index (χ1n) is 15.4. The number of amidine groups is 1. The molecule has 5 aromatic rings. The second-order valence-corrected chi connectivity index (χ2v) is 12.4. The maximum Gasteiger partial charge on any atom is 0.131 e. The van der Waals surface area contributed by atoms with Crippen LogP contribution in [0.1, 0.15) is 72.0 Å². The van der Waals surface area contributed by atoms with Crippen LogP contribution in [0, 0.1) is 0 Å². The summed E-state index contributed by atoms with van der Waals surface area (Å²) in [7, 11) is 0. The summed E-state index contributed by atoms with van der Waals surface area (Å²) in [6.07, 6.45) is 5.22. The van der Waals surface area contributed by atoms with Gasteiger partial charge in [-0.15, -0.1) is 0 Å². The van der Waals surface area contributed by atoms with Gasteiger partial charge in [0.1, 0.15) is 18.2 Å². The Kier molecular flexibility index (Phi) is 6.28. The van der Waals surface area contributed by atoms with Crippen LogP contribution in [0.4, 0.5) is 0 Å². The molecule has 0 fully saturated rings. The number of rotatable bonds is 4. The highest BCUT2D eigenvalue weighted by molar-refractivity contribution is 6.02. The topological polar surface area (TPSA) is 48.5 Å². The number of benzene rings is 5. The summed E-state index contributed by atoms with van der Waals surface area (Å²) in [5.74, 6) is 0.907. The summed E-state index contributed by atoms with van der Waals surface area (Å²) in [4.78, 5) is 5.19. The second-order valence-electron chi connectivity index (χ2n) is 12.4. The molecule has 43 heavy (non-hydrogen) atoms. The van der Waals surface area contributed by atoms with Gasteiger partial charge in [-0.2, -0.15) is 0 Å². The van der Waals surface area contributed by atoms with Crippen molar-refractivity contribution in [1.82, 2.24) is 16.0 Å². The lowest BCUT2D eigenvalue weighted by molar-refractivity contribution is 0.411. The van der Waals surface area contributed by atoms with Crippen molar-refractivity contribution >= 4 is 16.6 Å². The van der Waals surface area contributed by atoms with E-state index in [1.54, 1.807) is 0 Å². The van der Waals surface area contributed by atoms with Crippen molar-refractivity contribution in [3.63, 3.8) is 0 Å². The van der Waals surface area contributed by atoms with Crippen LogP contribution in [0.3, 0.4) is 0 Å². The van der Waals surface area contributed by atoms with Crippen molar-refractivity contribution in [2.24, 2.45) is 4.99 Å². The van der Waals surface area contributed by atoms with E-state index in [2.05, 4.69) is 151 Å². The Morgan fingerprint density at radius 3 is 2.30 bits per heavy atom. The summed E-state index contributed by atoms with van der Waals surface area (Å²) >= 11 is 0. The van der Waals surface area contributed by atoms with Crippen LogP contribution in [-0.2, 0) is 5.41 Å². The number of aliphatic imine (C=N–C) groups is 1. The first kappa shape index (κ1) is 26.1. The summed E-state index contributed by atoms with van der Waals surface area (Å²) in [6.45, 7) is 5.70. The van der Waals surface area contributed by atoms with Gasteiger partial charge in [-0.25, -0.2) is 4.99 Å². The molecule has 2 aliphatic heterocycles. The molecule has 0 radical (unpaired) electrons. The van der Waals surface area contributed by atoms with Gasteiger partial charge < -0.3 is 10.6 Å². The van der Waals surface area contributed by atoms with Gasteiger partial charge in [0.05, 0.1) is 0 Å². The minimum Gasteiger partial charge on any atom is -0.350 e. The van der Waals surface area contributed by atoms with Crippen molar-refractivity contribution < 1.29 is 0 Å². The third-order valence-corrected chi connectivity index (χ3v) is 9.49. The van der Waals surface area contributed by atoms with Gasteiger partial charge >= 0.3 is 0 Å². The van der Waals surface area contributed by atoms with E-state index in [0.29, 0.717) is 6.04 Å². The van der Waals surface area contributed by atoms with Gasteiger partial charge in [0, 0.05) is 29.1 Å². The van der Waals surface area contributed by atoms with Gasteiger partial charge in [0.2, 0.25) is 0 Å². The maximum absolute atomic E-state index is 5.19. The number of hydrogen-bond donors (Lipinski definition) is 3. The van der Waals surface area contributed by atoms with E-state index in [0.717, 1.165) is 29.9 Å². The average molecular weight is 561 g/mol. The van der Waals surface area contributed by atoms with E-state index in [9.17, 15) is 0 Å². The third-order valence-electron chi connectivity index (χ3n) is 9.49. The summed E-state index contributed by atoms with van der Waals surface area (Å²) in [5.41, 5.74) is 10.2. The average Bonchev–Trinajstić information content (AvgIpc) is 3.30. The van der Waals surface area contributed by atoms with Crippen molar-refractivity contribution in [3.05, 3.63) is 155 Å². The Labute approximate surface area is 253 Å². The first-order valence-corrected chi connectivity index (χ1v) is 15.4. The highest BCUT2D eigenvalue weighted by atomic mass is 15.3. The van der Waals surface area contributed by atoms with Crippen LogP contribution < -0.4 is 16.0 Å². The Balaban J connectivity index is 1.33. The largest absolute Gasteiger partial charge is 0.350 e. The summed E-state index contributed by atoms with van der Waals surface area (Å²) in [5, 5.41) is 14.0. The zero-order valence-corrected chi connectivity index (χ0v) is 24.6. The second kappa shape index (κ2) is 10.3. The molecule has 4 heteroatoms. The zero-order valence-electron chi connectivity index (χ0n) is 24.6. The predicted molar refractivity (Wildman–Crippen MR) is 177 cm³/mol. The van der Waals surface area contributed by atoms with Gasteiger partial charge in [0.15, 0.2) is 0 Å². The van der Waals surface area contributed by atoms with Gasteiger partial charge in [-0.1, -0.05) is 129 Å². The molecule has 3 N–H and O–H groups in total. The zero-order chi connectivity index (χ0) is 29.0. The Morgan fingerprint density at radius 2 is 1.51 bits per heavy atom. The highest BCUT2D eigenvalue weighted by Crippen LogP contribution is 2.53.